The van der Waals surface area contributed by atoms with Crippen molar-refractivity contribution in [2.75, 3.05) is 11.6 Å². The van der Waals surface area contributed by atoms with Gasteiger partial charge in [0.15, 0.2) is 6.04 Å². The van der Waals surface area contributed by atoms with Crippen LogP contribution in [0.2, 0.25) is 0 Å². The molecule has 10 heavy (non-hydrogen) atoms. The van der Waals surface area contributed by atoms with E-state index in [1.165, 1.54) is 11.8 Å². The maximum atomic E-state index is 10.3. The molecule has 56 valence electrons. The Morgan fingerprint density at radius 2 is 2.50 bits per heavy atom. The van der Waals surface area contributed by atoms with Crippen LogP contribution in [0, 0.1) is 4.91 Å². The van der Waals surface area contributed by atoms with Crippen molar-refractivity contribution in [3.8, 4) is 0 Å². The van der Waals surface area contributed by atoms with Gasteiger partial charge in [0, 0.05) is 5.75 Å². The Morgan fingerprint density at radius 3 is 2.90 bits per heavy atom. The van der Waals surface area contributed by atoms with Gasteiger partial charge in [-0.3, -0.25) is 0 Å². The highest BCUT2D eigenvalue weighted by Crippen LogP contribution is 2.20. The predicted octanol–water partition coefficient (Wildman–Crippen LogP) is 0.127. The second kappa shape index (κ2) is 2.87. The van der Waals surface area contributed by atoms with E-state index >= 15 is 0 Å². The number of aliphatic carboxylic acids is 1. The molecule has 0 unspecified atom stereocenters. The van der Waals surface area contributed by atoms with Crippen molar-refractivity contribution in [2.24, 2.45) is 5.29 Å². The minimum atomic E-state index is -0.982. The summed E-state index contributed by atoms with van der Waals surface area (Å²) in [7, 11) is 0. The van der Waals surface area contributed by atoms with Crippen molar-refractivity contribution < 1.29 is 9.90 Å². The van der Waals surface area contributed by atoms with Crippen molar-refractivity contribution in [3.63, 3.8) is 0 Å². The van der Waals surface area contributed by atoms with Gasteiger partial charge in [0.2, 0.25) is 0 Å². The lowest BCUT2D eigenvalue weighted by Crippen LogP contribution is -2.33. The molecule has 6 heteroatoms. The Kier molecular flexibility index (Phi) is 2.10. The highest BCUT2D eigenvalue weighted by molar-refractivity contribution is 7.99. The minimum Gasteiger partial charge on any atom is -0.480 e. The number of carboxylic acids is 1. The molecule has 1 aliphatic heterocycles. The Bertz CT molecular complexity index is 163. The SMILES string of the molecule is O=NN1CSC[C@H]1C(=O)O. The number of hydrogen-bond donors (Lipinski definition) is 1. The van der Waals surface area contributed by atoms with E-state index < -0.39 is 12.0 Å². The van der Waals surface area contributed by atoms with Gasteiger partial charge >= 0.3 is 5.97 Å². The van der Waals surface area contributed by atoms with Crippen molar-refractivity contribution in [1.82, 2.24) is 5.01 Å². The molecule has 1 aliphatic rings. The summed E-state index contributed by atoms with van der Waals surface area (Å²) in [5.41, 5.74) is 0. The van der Waals surface area contributed by atoms with Crippen LogP contribution in [-0.2, 0) is 4.79 Å². The smallest absolute Gasteiger partial charge is 0.329 e. The molecule has 0 aliphatic carbocycles. The number of nitrogens with zero attached hydrogens (tertiary/aromatic N) is 2. The molecule has 1 heterocycles. The number of hydrogen-bond acceptors (Lipinski definition) is 4. The zero-order chi connectivity index (χ0) is 7.56. The summed E-state index contributed by atoms with van der Waals surface area (Å²) in [6.45, 7) is 0. The molecule has 1 fully saturated rings. The summed E-state index contributed by atoms with van der Waals surface area (Å²) in [4.78, 5) is 20.2. The van der Waals surface area contributed by atoms with Gasteiger partial charge in [0.1, 0.15) is 0 Å². The van der Waals surface area contributed by atoms with Crippen LogP contribution < -0.4 is 0 Å². The number of nitroso groups, excluding NO2 is 1. The molecule has 0 bridgehead atoms. The fourth-order valence-electron chi connectivity index (χ4n) is 0.713. The third-order valence-electron chi connectivity index (χ3n) is 1.25. The lowest BCUT2D eigenvalue weighted by molar-refractivity contribution is -0.141. The topological polar surface area (TPSA) is 70.0 Å². The lowest BCUT2D eigenvalue weighted by atomic mass is 10.3. The number of carbonyl (C=O) groups is 1. The number of carboxylic acid groups (broad SMARTS) is 1. The second-order valence-electron chi connectivity index (χ2n) is 1.88. The number of thioether (sulfide) groups is 1. The minimum absolute atomic E-state index is 0.389. The molecule has 1 saturated heterocycles. The highest BCUT2D eigenvalue weighted by Gasteiger charge is 2.30. The first kappa shape index (κ1) is 7.33. The fraction of sp³-hybridized carbons (Fsp3) is 0.750. The molecule has 0 aromatic heterocycles. The van der Waals surface area contributed by atoms with Crippen LogP contribution in [0.4, 0.5) is 0 Å². The fourth-order valence-corrected chi connectivity index (χ4v) is 1.77. The van der Waals surface area contributed by atoms with E-state index in [1.807, 2.05) is 0 Å². The van der Waals surface area contributed by atoms with Crippen LogP contribution in [0.3, 0.4) is 0 Å². The quantitative estimate of drug-likeness (QED) is 0.584. The predicted molar refractivity (Wildman–Crippen MR) is 36.4 cm³/mol. The van der Waals surface area contributed by atoms with Crippen LogP contribution in [0.15, 0.2) is 5.29 Å². The molecule has 0 aromatic carbocycles. The summed E-state index contributed by atoms with van der Waals surface area (Å²) in [5, 5.41) is 12.1. The first-order valence-corrected chi connectivity index (χ1v) is 3.81. The van der Waals surface area contributed by atoms with Gasteiger partial charge in [-0.15, -0.1) is 16.7 Å². The van der Waals surface area contributed by atoms with Gasteiger partial charge < -0.3 is 5.11 Å². The second-order valence-corrected chi connectivity index (χ2v) is 2.87. The van der Waals surface area contributed by atoms with E-state index in [1.54, 1.807) is 0 Å². The summed E-state index contributed by atoms with van der Waals surface area (Å²) in [5.74, 6) is -0.147. The van der Waals surface area contributed by atoms with Gasteiger partial charge in [0.25, 0.3) is 0 Å². The van der Waals surface area contributed by atoms with E-state index in [2.05, 4.69) is 5.29 Å². The highest BCUT2D eigenvalue weighted by atomic mass is 32.2. The molecule has 0 radical (unpaired) electrons. The monoisotopic (exact) mass is 162 g/mol. The molecule has 0 aromatic rings. The van der Waals surface area contributed by atoms with Crippen LogP contribution >= 0.6 is 11.8 Å². The van der Waals surface area contributed by atoms with Gasteiger partial charge in [-0.05, 0) is 0 Å². The Hall–Kier alpha value is -0.780. The third kappa shape index (κ3) is 1.21. The average molecular weight is 162 g/mol. The first-order chi connectivity index (χ1) is 4.75. The molecule has 1 rings (SSSR count). The zero-order valence-electron chi connectivity index (χ0n) is 5.06. The van der Waals surface area contributed by atoms with Crippen molar-refractivity contribution in [3.05, 3.63) is 4.91 Å². The average Bonchev–Trinajstić information content (AvgIpc) is 2.33. The molecule has 0 saturated carbocycles. The third-order valence-corrected chi connectivity index (χ3v) is 2.25. The molecule has 1 N–H and O–H groups in total. The van der Waals surface area contributed by atoms with E-state index in [0.29, 0.717) is 11.6 Å². The zero-order valence-corrected chi connectivity index (χ0v) is 5.87. The summed E-state index contributed by atoms with van der Waals surface area (Å²) in [6.07, 6.45) is 0. The summed E-state index contributed by atoms with van der Waals surface area (Å²) in [6, 6.07) is -0.720. The summed E-state index contributed by atoms with van der Waals surface area (Å²) < 4.78 is 0. The van der Waals surface area contributed by atoms with Gasteiger partial charge in [-0.25, -0.2) is 9.80 Å². The normalized spacial score (nSPS) is 24.8. The van der Waals surface area contributed by atoms with Crippen LogP contribution in [0.25, 0.3) is 0 Å². The van der Waals surface area contributed by atoms with Crippen LogP contribution in [-0.4, -0.2) is 33.8 Å². The Morgan fingerprint density at radius 1 is 1.80 bits per heavy atom. The standard InChI is InChI=1S/C4H6N2O3S/c7-4(8)3-1-10-2-6(3)5-9/h3H,1-2H2,(H,7,8)/t3-/m0/s1. The van der Waals surface area contributed by atoms with E-state index in [-0.39, 0.29) is 0 Å². The molecule has 5 nitrogen and oxygen atoms in total. The summed E-state index contributed by atoms with van der Waals surface area (Å²) >= 11 is 1.39. The van der Waals surface area contributed by atoms with Crippen LogP contribution in [0.1, 0.15) is 0 Å². The van der Waals surface area contributed by atoms with Crippen LogP contribution in [0.5, 0.6) is 0 Å². The Balaban J connectivity index is 2.58. The van der Waals surface area contributed by atoms with Crippen molar-refractivity contribution in [1.29, 1.82) is 0 Å². The lowest BCUT2D eigenvalue weighted by Gasteiger charge is -2.10. The van der Waals surface area contributed by atoms with Crippen molar-refractivity contribution >= 4 is 17.7 Å². The Labute approximate surface area is 61.3 Å². The van der Waals surface area contributed by atoms with E-state index in [0.717, 1.165) is 5.01 Å². The molecule has 0 spiro atoms. The van der Waals surface area contributed by atoms with Crippen molar-refractivity contribution in [2.45, 2.75) is 6.04 Å². The van der Waals surface area contributed by atoms with E-state index in [4.69, 9.17) is 5.11 Å². The molecule has 0 amide bonds. The van der Waals surface area contributed by atoms with Gasteiger partial charge in [-0.1, -0.05) is 0 Å². The first-order valence-electron chi connectivity index (χ1n) is 2.66. The molecule has 1 atom stereocenters. The van der Waals surface area contributed by atoms with Gasteiger partial charge in [0.05, 0.1) is 11.2 Å². The number of rotatable bonds is 2. The molecular formula is C4H6N2O3S. The van der Waals surface area contributed by atoms with E-state index in [9.17, 15) is 9.70 Å². The van der Waals surface area contributed by atoms with Gasteiger partial charge in [-0.2, -0.15) is 0 Å². The maximum absolute atomic E-state index is 10.3. The molecular weight excluding hydrogens is 156 g/mol. The largest absolute Gasteiger partial charge is 0.480 e. The maximum Gasteiger partial charge on any atom is 0.329 e.